The van der Waals surface area contributed by atoms with Gasteiger partial charge in [-0.25, -0.2) is 0 Å². The van der Waals surface area contributed by atoms with Crippen molar-refractivity contribution >= 4 is 0 Å². The second-order valence-electron chi connectivity index (χ2n) is 10.2. The van der Waals surface area contributed by atoms with Gasteiger partial charge in [0.2, 0.25) is 0 Å². The number of hydrazine groups is 1. The summed E-state index contributed by atoms with van der Waals surface area (Å²) in [5.41, 5.74) is 7.37. The molecule has 5 fully saturated rings. The predicted octanol–water partition coefficient (Wildman–Crippen LogP) is 0.836. The minimum Gasteiger partial charge on any atom is -0.392 e. The van der Waals surface area contributed by atoms with E-state index >= 15 is 0 Å². The topological polar surface area (TPSA) is 78.0 Å². The Hall–Kier alpha value is -0.280. The Bertz CT molecular complexity index is 538. The summed E-state index contributed by atoms with van der Waals surface area (Å²) in [6.45, 7) is 5.21. The highest BCUT2D eigenvalue weighted by Crippen LogP contribution is 2.42. The average molecular weight is 409 g/mol. The lowest BCUT2D eigenvalue weighted by atomic mass is 9.69. The number of likely N-dealkylation sites (tertiary alicyclic amines) is 1. The highest BCUT2D eigenvalue weighted by molar-refractivity contribution is 5.01. The molecule has 3 aliphatic heterocycles. The summed E-state index contributed by atoms with van der Waals surface area (Å²) in [6.07, 6.45) is 9.57. The lowest BCUT2D eigenvalue weighted by molar-refractivity contribution is -0.000301. The number of rotatable bonds is 1. The molecule has 7 heteroatoms. The monoisotopic (exact) mass is 408 g/mol. The highest BCUT2D eigenvalue weighted by Gasteiger charge is 2.46. The number of β-amino-alcohol motifs (C(OH)–C–C–N with tert-alkyl or cyclic N) is 1. The first-order valence-electron chi connectivity index (χ1n) is 12.1. The Morgan fingerprint density at radius 3 is 2.86 bits per heavy atom. The zero-order valence-corrected chi connectivity index (χ0v) is 17.7. The Morgan fingerprint density at radius 1 is 1.00 bits per heavy atom. The van der Waals surface area contributed by atoms with Crippen molar-refractivity contribution < 1.29 is 14.6 Å². The molecule has 5 rings (SSSR count). The minimum absolute atomic E-state index is 0.136. The maximum Gasteiger partial charge on any atom is 0.0965 e. The standard InChI is InChI=1S/C22H40N4O3/c27-18-4-6-26(12-18)17-9-15-8-16(10-17)22-20-11-19(2-3-21(20)24-25-22)29-7-1-5-23-14-28-13-15/h15-25,27H,1-14H2/t15?,16?,17?,18-,19?,20?,21?,22?/m1/s1. The molecule has 2 saturated carbocycles. The Kier molecular flexibility index (Phi) is 6.73. The normalized spacial score (nSPS) is 47.5. The van der Waals surface area contributed by atoms with Crippen LogP contribution in [-0.2, 0) is 9.47 Å². The fourth-order valence-electron chi connectivity index (χ4n) is 6.77. The SMILES string of the molecule is O[C@@H]1CCN(C2CC3COCNCCCOC4CCC5NNC(C(C3)C2)C5C4)C1. The van der Waals surface area contributed by atoms with E-state index in [1.54, 1.807) is 0 Å². The van der Waals surface area contributed by atoms with Crippen LogP contribution in [0.2, 0.25) is 0 Å². The molecule has 3 saturated heterocycles. The van der Waals surface area contributed by atoms with Crippen molar-refractivity contribution in [1.29, 1.82) is 0 Å². The van der Waals surface area contributed by atoms with E-state index in [-0.39, 0.29) is 6.10 Å². The largest absolute Gasteiger partial charge is 0.392 e. The Balaban J connectivity index is 1.32. The molecule has 0 radical (unpaired) electrons. The number of nitrogens with zero attached hydrogens (tertiary/aromatic N) is 1. The van der Waals surface area contributed by atoms with E-state index in [4.69, 9.17) is 9.47 Å². The van der Waals surface area contributed by atoms with E-state index in [0.29, 0.717) is 48.7 Å². The van der Waals surface area contributed by atoms with Crippen LogP contribution in [0.1, 0.15) is 51.4 Å². The molecule has 3 heterocycles. The second-order valence-corrected chi connectivity index (χ2v) is 10.2. The molecule has 7 nitrogen and oxygen atoms in total. The molecule has 5 aliphatic rings. The highest BCUT2D eigenvalue weighted by atomic mass is 16.5. The fourth-order valence-corrected chi connectivity index (χ4v) is 6.77. The maximum atomic E-state index is 10.1. The van der Waals surface area contributed by atoms with Crippen molar-refractivity contribution in [2.45, 2.75) is 81.7 Å². The van der Waals surface area contributed by atoms with Gasteiger partial charge < -0.3 is 14.6 Å². The van der Waals surface area contributed by atoms with Crippen LogP contribution in [0.4, 0.5) is 0 Å². The number of hydrogen-bond donors (Lipinski definition) is 4. The third kappa shape index (κ3) is 4.81. The van der Waals surface area contributed by atoms with Gasteiger partial charge in [-0.3, -0.25) is 21.1 Å². The zero-order valence-electron chi connectivity index (χ0n) is 17.7. The minimum atomic E-state index is -0.136. The number of ether oxygens (including phenoxy) is 2. The third-order valence-electron chi connectivity index (χ3n) is 8.19. The van der Waals surface area contributed by atoms with Gasteiger partial charge in [-0.1, -0.05) is 0 Å². The van der Waals surface area contributed by atoms with Gasteiger partial charge in [-0.05, 0) is 75.7 Å². The maximum absolute atomic E-state index is 10.1. The van der Waals surface area contributed by atoms with Crippen molar-refractivity contribution in [3.05, 3.63) is 0 Å². The Labute approximate surface area is 175 Å². The number of fused-ring (bicyclic) bond motifs is 4. The number of aliphatic hydroxyl groups is 1. The molecule has 0 aromatic carbocycles. The summed E-state index contributed by atoms with van der Waals surface area (Å²) in [6, 6.07) is 1.72. The summed E-state index contributed by atoms with van der Waals surface area (Å²) < 4.78 is 12.3. The summed E-state index contributed by atoms with van der Waals surface area (Å²) in [7, 11) is 0. The summed E-state index contributed by atoms with van der Waals surface area (Å²) >= 11 is 0. The van der Waals surface area contributed by atoms with Crippen molar-refractivity contribution in [3.8, 4) is 0 Å². The molecular formula is C22H40N4O3. The second kappa shape index (κ2) is 9.47. The molecule has 4 bridgehead atoms. The van der Waals surface area contributed by atoms with Crippen LogP contribution in [-0.4, -0.2) is 79.9 Å². The first-order chi connectivity index (χ1) is 14.3. The van der Waals surface area contributed by atoms with E-state index in [2.05, 4.69) is 21.1 Å². The van der Waals surface area contributed by atoms with Gasteiger partial charge in [0.1, 0.15) is 0 Å². The van der Waals surface area contributed by atoms with Crippen molar-refractivity contribution in [3.63, 3.8) is 0 Å². The van der Waals surface area contributed by atoms with Gasteiger partial charge in [-0.2, -0.15) is 0 Å². The van der Waals surface area contributed by atoms with Crippen LogP contribution in [0, 0.1) is 17.8 Å². The molecular weight excluding hydrogens is 368 g/mol. The van der Waals surface area contributed by atoms with E-state index in [1.807, 2.05) is 0 Å². The summed E-state index contributed by atoms with van der Waals surface area (Å²) in [5, 5.41) is 13.5. The molecule has 4 N–H and O–H groups in total. The third-order valence-corrected chi connectivity index (χ3v) is 8.19. The molecule has 0 aromatic heterocycles. The Morgan fingerprint density at radius 2 is 1.97 bits per heavy atom. The van der Waals surface area contributed by atoms with E-state index in [9.17, 15) is 5.11 Å². The molecule has 0 aromatic rings. The van der Waals surface area contributed by atoms with E-state index in [0.717, 1.165) is 45.7 Å². The summed E-state index contributed by atoms with van der Waals surface area (Å²) in [5.74, 6) is 1.95. The van der Waals surface area contributed by atoms with E-state index < -0.39 is 0 Å². The van der Waals surface area contributed by atoms with Gasteiger partial charge in [0, 0.05) is 37.8 Å². The number of hydrogen-bond acceptors (Lipinski definition) is 7. The lowest BCUT2D eigenvalue weighted by Gasteiger charge is -2.43. The lowest BCUT2D eigenvalue weighted by Crippen LogP contribution is -2.48. The van der Waals surface area contributed by atoms with Crippen LogP contribution in [0.25, 0.3) is 0 Å². The smallest absolute Gasteiger partial charge is 0.0965 e. The number of nitrogens with one attached hydrogen (secondary N) is 3. The van der Waals surface area contributed by atoms with Crippen LogP contribution < -0.4 is 16.2 Å². The molecule has 2 aliphatic carbocycles. The number of aliphatic hydroxyl groups excluding tert-OH is 1. The molecule has 0 spiro atoms. The van der Waals surface area contributed by atoms with Crippen LogP contribution in [0.15, 0.2) is 0 Å². The van der Waals surface area contributed by atoms with E-state index in [1.165, 1.54) is 38.5 Å². The van der Waals surface area contributed by atoms with Gasteiger partial charge >= 0.3 is 0 Å². The van der Waals surface area contributed by atoms with Crippen LogP contribution in [0.5, 0.6) is 0 Å². The van der Waals surface area contributed by atoms with Gasteiger partial charge in [0.05, 0.1) is 25.5 Å². The van der Waals surface area contributed by atoms with Crippen LogP contribution in [0.3, 0.4) is 0 Å². The van der Waals surface area contributed by atoms with Crippen molar-refractivity contribution in [2.75, 3.05) is 39.6 Å². The van der Waals surface area contributed by atoms with Crippen molar-refractivity contribution in [1.82, 2.24) is 21.1 Å². The predicted molar refractivity (Wildman–Crippen MR) is 111 cm³/mol. The first-order valence-corrected chi connectivity index (χ1v) is 12.1. The van der Waals surface area contributed by atoms with Crippen LogP contribution >= 0.6 is 0 Å². The zero-order chi connectivity index (χ0) is 19.6. The fraction of sp³-hybridized carbons (Fsp3) is 1.00. The van der Waals surface area contributed by atoms with Gasteiger partial charge in [0.25, 0.3) is 0 Å². The molecule has 166 valence electrons. The van der Waals surface area contributed by atoms with Gasteiger partial charge in [-0.15, -0.1) is 0 Å². The average Bonchev–Trinajstić information content (AvgIpc) is 3.35. The summed E-state index contributed by atoms with van der Waals surface area (Å²) in [4.78, 5) is 2.56. The molecule has 29 heavy (non-hydrogen) atoms. The van der Waals surface area contributed by atoms with Gasteiger partial charge in [0.15, 0.2) is 0 Å². The first kappa shape index (κ1) is 20.6. The molecule has 0 amide bonds. The quantitative estimate of drug-likeness (QED) is 0.512. The molecule has 8 atom stereocenters. The van der Waals surface area contributed by atoms with Crippen molar-refractivity contribution in [2.24, 2.45) is 17.8 Å². The molecule has 7 unspecified atom stereocenters.